The molecule has 32 valence electrons. The molecule has 0 unspecified atom stereocenters. The predicted octanol–water partition coefficient (Wildman–Crippen LogP) is -2.28. The van der Waals surface area contributed by atoms with Gasteiger partial charge in [0.2, 0.25) is 0 Å². The van der Waals surface area contributed by atoms with Crippen LogP contribution >= 0.6 is 0 Å². The molecule has 0 amide bonds. The maximum absolute atomic E-state index is 6.00. The molecule has 0 saturated carbocycles. The SMILES string of the molecule is O.O.OO.[NaH]. The van der Waals surface area contributed by atoms with Gasteiger partial charge in [-0.2, -0.15) is 0 Å². The van der Waals surface area contributed by atoms with Crippen molar-refractivity contribution in [2.45, 2.75) is 0 Å². The average Bonchev–Trinajstić information content (AvgIpc) is 1.00. The first-order chi connectivity index (χ1) is 1.00. The predicted molar refractivity (Wildman–Crippen MR) is 19.6 cm³/mol. The van der Waals surface area contributed by atoms with Crippen LogP contribution in [0, 0.1) is 0 Å². The van der Waals surface area contributed by atoms with Crippen molar-refractivity contribution >= 4 is 29.6 Å². The first-order valence-corrected chi connectivity index (χ1v) is 0.200. The Morgan fingerprint density at radius 1 is 0.800 bits per heavy atom. The summed E-state index contributed by atoms with van der Waals surface area (Å²) >= 11 is 0. The van der Waals surface area contributed by atoms with E-state index in [4.69, 9.17) is 10.5 Å². The van der Waals surface area contributed by atoms with E-state index in [1.54, 1.807) is 0 Å². The number of hydrogen-bond acceptors (Lipinski definition) is 2. The summed E-state index contributed by atoms with van der Waals surface area (Å²) in [6.45, 7) is 0. The van der Waals surface area contributed by atoms with Gasteiger partial charge in [-0.15, -0.1) is 0 Å². The molecule has 5 heavy (non-hydrogen) atoms. The van der Waals surface area contributed by atoms with Crippen LogP contribution in [0.1, 0.15) is 0 Å². The number of rotatable bonds is 0. The Morgan fingerprint density at radius 2 is 0.800 bits per heavy atom. The van der Waals surface area contributed by atoms with Gasteiger partial charge < -0.3 is 11.0 Å². The zero-order valence-electron chi connectivity index (χ0n) is 1.89. The van der Waals surface area contributed by atoms with Crippen LogP contribution in [0.5, 0.6) is 0 Å². The second-order valence-corrected chi connectivity index (χ2v) is 0. The van der Waals surface area contributed by atoms with Crippen molar-refractivity contribution in [2.75, 3.05) is 0 Å². The van der Waals surface area contributed by atoms with E-state index in [9.17, 15) is 0 Å². The van der Waals surface area contributed by atoms with Gasteiger partial charge in [0, 0.05) is 0 Å². The Bertz CT molecular complexity index is 3.61. The van der Waals surface area contributed by atoms with Crippen LogP contribution in [-0.4, -0.2) is 51.0 Å². The summed E-state index contributed by atoms with van der Waals surface area (Å²) < 4.78 is 0. The molecule has 0 radical (unpaired) electrons. The summed E-state index contributed by atoms with van der Waals surface area (Å²) in [5, 5.41) is 12.0. The molecule has 5 heteroatoms. The fourth-order valence-electron chi connectivity index (χ4n) is 0. The summed E-state index contributed by atoms with van der Waals surface area (Å²) in [4.78, 5) is 0. The summed E-state index contributed by atoms with van der Waals surface area (Å²) in [6.07, 6.45) is 0. The Morgan fingerprint density at radius 3 is 0.800 bits per heavy atom. The van der Waals surface area contributed by atoms with Gasteiger partial charge in [0.25, 0.3) is 0 Å². The van der Waals surface area contributed by atoms with Gasteiger partial charge in [-0.1, -0.05) is 0 Å². The third-order valence-corrected chi connectivity index (χ3v) is 0. The maximum atomic E-state index is 6.00. The Balaban J connectivity index is -0.00000000167. The quantitative estimate of drug-likeness (QED) is 0.200. The van der Waals surface area contributed by atoms with Crippen LogP contribution in [0.4, 0.5) is 0 Å². The van der Waals surface area contributed by atoms with Crippen LogP contribution in [0.25, 0.3) is 0 Å². The Labute approximate surface area is 51.3 Å². The van der Waals surface area contributed by atoms with Crippen LogP contribution in [-0.2, 0) is 0 Å². The van der Waals surface area contributed by atoms with Crippen LogP contribution < -0.4 is 0 Å². The molecule has 0 bridgehead atoms. The zero-order valence-corrected chi connectivity index (χ0v) is 1.89. The molecule has 0 aliphatic heterocycles. The molecule has 0 saturated heterocycles. The van der Waals surface area contributed by atoms with Crippen LogP contribution in [0.2, 0.25) is 0 Å². The van der Waals surface area contributed by atoms with Crippen LogP contribution in [0.3, 0.4) is 0 Å². The normalized spacial score (nSPS) is 1.20. The molecule has 0 heterocycles. The van der Waals surface area contributed by atoms with Crippen molar-refractivity contribution in [3.05, 3.63) is 0 Å². The fraction of sp³-hybridized carbons (Fsp3) is 0. The molecule has 0 aromatic carbocycles. The molecule has 4 nitrogen and oxygen atoms in total. The number of hydrogen-bond donors (Lipinski definition) is 2. The minimum atomic E-state index is 0. The molecule has 0 fully saturated rings. The Kier molecular flexibility index (Phi) is 817. The summed E-state index contributed by atoms with van der Waals surface area (Å²) in [5.74, 6) is 0. The van der Waals surface area contributed by atoms with Crippen molar-refractivity contribution in [3.63, 3.8) is 0 Å². The van der Waals surface area contributed by atoms with E-state index in [1.165, 1.54) is 0 Å². The topological polar surface area (TPSA) is 103 Å². The van der Waals surface area contributed by atoms with E-state index in [0.29, 0.717) is 0 Å². The van der Waals surface area contributed by atoms with E-state index in [0.717, 1.165) is 0 Å². The van der Waals surface area contributed by atoms with Crippen molar-refractivity contribution in [1.29, 1.82) is 0 Å². The molecular formula is H7NaO4. The molecule has 0 aromatic heterocycles. The standard InChI is InChI=1S/Na.H2O2.2H2O.H/c;1-2;;;/h;1-2H;2*1H2;. The zero-order chi connectivity index (χ0) is 2.00. The van der Waals surface area contributed by atoms with Crippen molar-refractivity contribution < 1.29 is 21.5 Å². The van der Waals surface area contributed by atoms with E-state index < -0.39 is 0 Å². The first-order valence-electron chi connectivity index (χ1n) is 0.200. The van der Waals surface area contributed by atoms with E-state index in [1.807, 2.05) is 0 Å². The van der Waals surface area contributed by atoms with Crippen molar-refractivity contribution in [1.82, 2.24) is 0 Å². The van der Waals surface area contributed by atoms with Gasteiger partial charge in [0.1, 0.15) is 0 Å². The van der Waals surface area contributed by atoms with Gasteiger partial charge in [-0.25, -0.2) is 0 Å². The fourth-order valence-corrected chi connectivity index (χ4v) is 0. The van der Waals surface area contributed by atoms with Gasteiger partial charge >= 0.3 is 29.6 Å². The molecular weight excluding hydrogens is 87.0 g/mol. The van der Waals surface area contributed by atoms with E-state index in [-0.39, 0.29) is 40.5 Å². The Hall–Kier alpha value is 0.840. The van der Waals surface area contributed by atoms with E-state index in [2.05, 4.69) is 0 Å². The first kappa shape index (κ1) is 40.4. The third kappa shape index (κ3) is 55.3. The summed E-state index contributed by atoms with van der Waals surface area (Å²) in [7, 11) is 0. The van der Waals surface area contributed by atoms with Crippen molar-refractivity contribution in [2.24, 2.45) is 0 Å². The molecule has 0 rings (SSSR count). The molecule has 6 N–H and O–H groups in total. The van der Waals surface area contributed by atoms with Gasteiger partial charge in [0.15, 0.2) is 0 Å². The molecule has 0 atom stereocenters. The summed E-state index contributed by atoms with van der Waals surface area (Å²) in [6, 6.07) is 0. The molecule has 0 spiro atoms. The average molecular weight is 94.0 g/mol. The summed E-state index contributed by atoms with van der Waals surface area (Å²) in [5.41, 5.74) is 0. The van der Waals surface area contributed by atoms with Crippen LogP contribution in [0.15, 0.2) is 0 Å². The molecule has 0 aromatic rings. The van der Waals surface area contributed by atoms with Gasteiger partial charge in [-0.3, -0.25) is 10.5 Å². The van der Waals surface area contributed by atoms with Gasteiger partial charge in [0.05, 0.1) is 0 Å². The second-order valence-electron chi connectivity index (χ2n) is 0. The molecule has 0 aliphatic rings. The van der Waals surface area contributed by atoms with Gasteiger partial charge in [-0.05, 0) is 0 Å². The second kappa shape index (κ2) is 101. The third-order valence-electron chi connectivity index (χ3n) is 0. The van der Waals surface area contributed by atoms with E-state index >= 15 is 0 Å². The van der Waals surface area contributed by atoms with Crippen molar-refractivity contribution in [3.8, 4) is 0 Å². The minimum absolute atomic E-state index is 0. The monoisotopic (exact) mass is 94.0 g/mol. The molecule has 0 aliphatic carbocycles.